The summed E-state index contributed by atoms with van der Waals surface area (Å²) in [5, 5.41) is 2.43. The van der Waals surface area contributed by atoms with Crippen LogP contribution in [0.3, 0.4) is 0 Å². The summed E-state index contributed by atoms with van der Waals surface area (Å²) in [5.41, 5.74) is 0.610. The van der Waals surface area contributed by atoms with Gasteiger partial charge in [-0.25, -0.2) is 13.6 Å². The third kappa shape index (κ3) is 7.28. The van der Waals surface area contributed by atoms with E-state index in [1.807, 2.05) is 0 Å². The van der Waals surface area contributed by atoms with Crippen molar-refractivity contribution >= 4 is 18.0 Å². The highest BCUT2D eigenvalue weighted by Gasteiger charge is 2.15. The van der Waals surface area contributed by atoms with Gasteiger partial charge < -0.3 is 14.8 Å². The number of alkyl halides is 2. The Balaban J connectivity index is 1.80. The molecule has 154 valence electrons. The molecule has 1 N–H and O–H groups in total. The summed E-state index contributed by atoms with van der Waals surface area (Å²) in [4.78, 5) is 23.5. The van der Waals surface area contributed by atoms with E-state index >= 15 is 0 Å². The fraction of sp³-hybridized carbons (Fsp3) is 0.200. The summed E-state index contributed by atoms with van der Waals surface area (Å²) >= 11 is 0. The minimum absolute atomic E-state index is 0.0249. The monoisotopic (exact) mass is 411 g/mol. The van der Waals surface area contributed by atoms with Gasteiger partial charge in [0.25, 0.3) is 5.91 Å². The van der Waals surface area contributed by atoms with E-state index in [-0.39, 0.29) is 11.3 Å². The Hall–Kier alpha value is -3.36. The average molecular weight is 411 g/mol. The van der Waals surface area contributed by atoms with Crippen molar-refractivity contribution in [2.45, 2.75) is 19.6 Å². The van der Waals surface area contributed by atoms with Crippen LogP contribution in [0.5, 0.6) is 5.75 Å². The second-order valence-electron chi connectivity index (χ2n) is 5.84. The van der Waals surface area contributed by atoms with Crippen molar-refractivity contribution in [2.24, 2.45) is 0 Å². The van der Waals surface area contributed by atoms with E-state index in [0.29, 0.717) is 11.6 Å². The van der Waals surface area contributed by atoms with Crippen molar-refractivity contribution in [1.29, 1.82) is 0 Å². The number of nitrogens with one attached hydrogen (secondary N) is 1. The molecule has 1 atom stereocenters. The maximum absolute atomic E-state index is 13.7. The molecule has 9 heteroatoms. The fourth-order valence-electron chi connectivity index (χ4n) is 2.32. The summed E-state index contributed by atoms with van der Waals surface area (Å²) in [6.07, 6.45) is 2.42. The first-order valence-corrected chi connectivity index (χ1v) is 8.38. The van der Waals surface area contributed by atoms with E-state index in [1.54, 1.807) is 0 Å². The number of carbonyl (C=O) groups excluding carboxylic acids is 2. The van der Waals surface area contributed by atoms with Gasteiger partial charge in [0.2, 0.25) is 0 Å². The molecule has 0 aliphatic heterocycles. The highest BCUT2D eigenvalue weighted by Crippen LogP contribution is 2.18. The summed E-state index contributed by atoms with van der Waals surface area (Å²) in [7, 11) is 0. The standard InChI is InChI=1S/C20H17F4NO4/c1-12(16-8-5-14(21)10-17(16)22)25-18(26)11-28-19(27)9-4-13-2-6-15(7-3-13)29-20(23)24/h2-10,12,20H,11H2,1H3,(H,25,26)/b9-4+/t12-/m1/s1. The Labute approximate surface area is 163 Å². The molecule has 0 heterocycles. The smallest absolute Gasteiger partial charge is 0.387 e. The Morgan fingerprint density at radius 1 is 1.10 bits per heavy atom. The third-order valence-corrected chi connectivity index (χ3v) is 3.67. The second-order valence-corrected chi connectivity index (χ2v) is 5.84. The molecule has 2 aromatic carbocycles. The minimum atomic E-state index is -2.93. The molecule has 0 saturated heterocycles. The number of ether oxygens (including phenoxy) is 2. The van der Waals surface area contributed by atoms with Crippen molar-refractivity contribution in [3.05, 3.63) is 71.3 Å². The van der Waals surface area contributed by atoms with Gasteiger partial charge >= 0.3 is 12.6 Å². The molecule has 0 bridgehead atoms. The topological polar surface area (TPSA) is 64.6 Å². The van der Waals surface area contributed by atoms with Crippen LogP contribution in [-0.4, -0.2) is 25.1 Å². The number of benzene rings is 2. The van der Waals surface area contributed by atoms with E-state index in [0.717, 1.165) is 12.1 Å². The molecule has 2 aromatic rings. The largest absolute Gasteiger partial charge is 0.452 e. The molecule has 0 unspecified atom stereocenters. The summed E-state index contributed by atoms with van der Waals surface area (Å²) in [6.45, 7) is -2.03. The number of esters is 1. The molecule has 5 nitrogen and oxygen atoms in total. The van der Waals surface area contributed by atoms with Gasteiger partial charge in [0.15, 0.2) is 6.61 Å². The van der Waals surface area contributed by atoms with Crippen LogP contribution in [0.1, 0.15) is 24.1 Å². The Morgan fingerprint density at radius 2 is 1.79 bits per heavy atom. The van der Waals surface area contributed by atoms with E-state index in [1.165, 1.54) is 43.3 Å². The van der Waals surface area contributed by atoms with Gasteiger partial charge in [-0.2, -0.15) is 8.78 Å². The first kappa shape index (κ1) is 21.9. The zero-order chi connectivity index (χ0) is 21.4. The minimum Gasteiger partial charge on any atom is -0.452 e. The second kappa shape index (κ2) is 10.3. The van der Waals surface area contributed by atoms with Crippen molar-refractivity contribution in [3.63, 3.8) is 0 Å². The van der Waals surface area contributed by atoms with E-state index in [2.05, 4.69) is 10.1 Å². The first-order chi connectivity index (χ1) is 13.7. The van der Waals surface area contributed by atoms with Gasteiger partial charge in [0.1, 0.15) is 17.4 Å². The lowest BCUT2D eigenvalue weighted by Crippen LogP contribution is -2.31. The number of hydrogen-bond donors (Lipinski definition) is 1. The van der Waals surface area contributed by atoms with Crippen LogP contribution in [-0.2, 0) is 14.3 Å². The van der Waals surface area contributed by atoms with Crippen molar-refractivity contribution in [1.82, 2.24) is 5.32 Å². The van der Waals surface area contributed by atoms with Gasteiger partial charge in [-0.15, -0.1) is 0 Å². The lowest BCUT2D eigenvalue weighted by molar-refractivity contribution is -0.144. The van der Waals surface area contributed by atoms with Gasteiger partial charge in [0.05, 0.1) is 6.04 Å². The van der Waals surface area contributed by atoms with Crippen LogP contribution < -0.4 is 10.1 Å². The molecule has 0 radical (unpaired) electrons. The molecule has 0 aromatic heterocycles. The van der Waals surface area contributed by atoms with Crippen molar-refractivity contribution in [2.75, 3.05) is 6.61 Å². The molecular formula is C20H17F4NO4. The number of rotatable bonds is 8. The quantitative estimate of drug-likeness (QED) is 0.405. The zero-order valence-corrected chi connectivity index (χ0v) is 15.2. The normalized spacial score (nSPS) is 12.1. The lowest BCUT2D eigenvalue weighted by atomic mass is 10.1. The molecule has 0 fully saturated rings. The van der Waals surface area contributed by atoms with Crippen LogP contribution in [0.15, 0.2) is 48.5 Å². The molecule has 29 heavy (non-hydrogen) atoms. The Bertz CT molecular complexity index is 885. The molecule has 0 aliphatic rings. The van der Waals surface area contributed by atoms with E-state index < -0.39 is 42.8 Å². The fourth-order valence-corrected chi connectivity index (χ4v) is 2.32. The average Bonchev–Trinajstić information content (AvgIpc) is 2.65. The number of carbonyl (C=O) groups is 2. The van der Waals surface area contributed by atoms with Gasteiger partial charge in [0, 0.05) is 17.7 Å². The number of amides is 1. The molecular weight excluding hydrogens is 394 g/mol. The summed E-state index contributed by atoms with van der Waals surface area (Å²) in [6, 6.07) is 7.74. The maximum Gasteiger partial charge on any atom is 0.387 e. The van der Waals surface area contributed by atoms with E-state index in [4.69, 9.17) is 4.74 Å². The van der Waals surface area contributed by atoms with E-state index in [9.17, 15) is 27.2 Å². The highest BCUT2D eigenvalue weighted by molar-refractivity contribution is 5.89. The molecule has 2 rings (SSSR count). The van der Waals surface area contributed by atoms with Crippen LogP contribution in [0, 0.1) is 11.6 Å². The SMILES string of the molecule is C[C@@H](NC(=O)COC(=O)/C=C/c1ccc(OC(F)F)cc1)c1ccc(F)cc1F. The summed E-state index contributed by atoms with van der Waals surface area (Å²) < 4.78 is 59.7. The van der Waals surface area contributed by atoms with Crippen LogP contribution in [0.2, 0.25) is 0 Å². The van der Waals surface area contributed by atoms with Crippen LogP contribution in [0.25, 0.3) is 6.08 Å². The van der Waals surface area contributed by atoms with Crippen molar-refractivity contribution in [3.8, 4) is 5.75 Å². The van der Waals surface area contributed by atoms with Crippen molar-refractivity contribution < 1.29 is 36.6 Å². The summed E-state index contributed by atoms with van der Waals surface area (Å²) in [5.74, 6) is -3.04. The number of halogens is 4. The third-order valence-electron chi connectivity index (χ3n) is 3.67. The van der Waals surface area contributed by atoms with Crippen LogP contribution in [0.4, 0.5) is 17.6 Å². The maximum atomic E-state index is 13.7. The first-order valence-electron chi connectivity index (χ1n) is 8.38. The molecule has 0 saturated carbocycles. The molecule has 0 aliphatic carbocycles. The van der Waals surface area contributed by atoms with Gasteiger partial charge in [-0.05, 0) is 36.8 Å². The predicted molar refractivity (Wildman–Crippen MR) is 96.0 cm³/mol. The predicted octanol–water partition coefficient (Wildman–Crippen LogP) is 4.00. The Morgan fingerprint density at radius 3 is 2.41 bits per heavy atom. The van der Waals surface area contributed by atoms with Gasteiger partial charge in [-0.3, -0.25) is 4.79 Å². The van der Waals surface area contributed by atoms with Gasteiger partial charge in [-0.1, -0.05) is 18.2 Å². The zero-order valence-electron chi connectivity index (χ0n) is 15.2. The Kier molecular flexibility index (Phi) is 7.76. The molecule has 0 spiro atoms. The highest BCUT2D eigenvalue weighted by atomic mass is 19.3. The number of hydrogen-bond acceptors (Lipinski definition) is 4. The molecule has 1 amide bonds. The van der Waals surface area contributed by atoms with Crippen LogP contribution >= 0.6 is 0 Å². The lowest BCUT2D eigenvalue weighted by Gasteiger charge is -2.15.